The summed E-state index contributed by atoms with van der Waals surface area (Å²) in [4.78, 5) is 14.7. The van der Waals surface area contributed by atoms with Gasteiger partial charge in [0.2, 0.25) is 5.91 Å². The van der Waals surface area contributed by atoms with Gasteiger partial charge in [0.15, 0.2) is 0 Å². The Morgan fingerprint density at radius 2 is 1.96 bits per heavy atom. The van der Waals surface area contributed by atoms with E-state index < -0.39 is 0 Å². The Kier molecular flexibility index (Phi) is 8.34. The molecule has 0 spiro atoms. The molecule has 2 heterocycles. The van der Waals surface area contributed by atoms with Gasteiger partial charge in [-0.1, -0.05) is 24.3 Å². The largest absolute Gasteiger partial charge is 0.351 e. The predicted octanol–water partition coefficient (Wildman–Crippen LogP) is 2.28. The molecule has 1 amide bonds. The second-order valence-electron chi connectivity index (χ2n) is 6.25. The third-order valence-corrected chi connectivity index (χ3v) is 4.87. The molecule has 2 atom stereocenters. The molecule has 2 aliphatic rings. The monoisotopic (exact) mass is 359 g/mol. The molecule has 3 rings (SSSR count). The number of hydrogen-bond donors (Lipinski definition) is 2. The van der Waals surface area contributed by atoms with Gasteiger partial charge in [-0.25, -0.2) is 0 Å². The molecule has 0 saturated carbocycles. The number of carbonyl (C=O) groups is 1. The number of hydrogen-bond acceptors (Lipinski definition) is 3. The lowest BCUT2D eigenvalue weighted by atomic mass is 10.1. The molecule has 2 fully saturated rings. The van der Waals surface area contributed by atoms with E-state index >= 15 is 0 Å². The van der Waals surface area contributed by atoms with Crippen molar-refractivity contribution in [2.24, 2.45) is 0 Å². The molecule has 0 radical (unpaired) electrons. The second-order valence-corrected chi connectivity index (χ2v) is 6.25. The highest BCUT2D eigenvalue weighted by molar-refractivity contribution is 5.85. The summed E-state index contributed by atoms with van der Waals surface area (Å²) in [5, 5.41) is 6.55. The number of nitrogens with zero attached hydrogens (tertiary/aromatic N) is 1. The van der Waals surface area contributed by atoms with Crippen LogP contribution in [-0.2, 0) is 11.3 Å². The molecule has 130 valence electrons. The Balaban J connectivity index is 0.00000132. The van der Waals surface area contributed by atoms with Crippen LogP contribution >= 0.6 is 24.8 Å². The van der Waals surface area contributed by atoms with Gasteiger partial charge in [-0.05, 0) is 43.9 Å². The highest BCUT2D eigenvalue weighted by Crippen LogP contribution is 2.27. The lowest BCUT2D eigenvalue weighted by Crippen LogP contribution is -2.44. The van der Waals surface area contributed by atoms with Crippen LogP contribution < -0.4 is 10.6 Å². The average molecular weight is 360 g/mol. The zero-order valence-corrected chi connectivity index (χ0v) is 15.2. The predicted molar refractivity (Wildman–Crippen MR) is 98.5 cm³/mol. The molecule has 23 heavy (non-hydrogen) atoms. The van der Waals surface area contributed by atoms with Gasteiger partial charge in [0.25, 0.3) is 0 Å². The molecule has 4 nitrogen and oxygen atoms in total. The number of benzene rings is 1. The van der Waals surface area contributed by atoms with E-state index in [4.69, 9.17) is 0 Å². The Hall–Kier alpha value is -0.810. The van der Waals surface area contributed by atoms with Crippen molar-refractivity contribution in [1.29, 1.82) is 0 Å². The van der Waals surface area contributed by atoms with Crippen LogP contribution in [0.5, 0.6) is 0 Å². The minimum absolute atomic E-state index is 0. The number of nitrogens with one attached hydrogen (secondary N) is 2. The fraction of sp³-hybridized carbons (Fsp3) is 0.588. The summed E-state index contributed by atoms with van der Waals surface area (Å²) in [6.07, 6.45) is 3.64. The lowest BCUT2D eigenvalue weighted by Gasteiger charge is -2.26. The van der Waals surface area contributed by atoms with E-state index in [2.05, 4.69) is 34.6 Å². The van der Waals surface area contributed by atoms with Crippen molar-refractivity contribution < 1.29 is 4.79 Å². The molecule has 0 aliphatic carbocycles. The van der Waals surface area contributed by atoms with E-state index in [1.54, 1.807) is 0 Å². The van der Waals surface area contributed by atoms with Crippen molar-refractivity contribution in [3.8, 4) is 0 Å². The van der Waals surface area contributed by atoms with Gasteiger partial charge in [-0.2, -0.15) is 0 Å². The molecule has 0 aromatic heterocycles. The molecular weight excluding hydrogens is 333 g/mol. The first kappa shape index (κ1) is 20.2. The van der Waals surface area contributed by atoms with Crippen LogP contribution in [0, 0.1) is 6.92 Å². The van der Waals surface area contributed by atoms with Crippen molar-refractivity contribution in [3.05, 3.63) is 35.4 Å². The number of amides is 1. The van der Waals surface area contributed by atoms with Gasteiger partial charge in [-0.15, -0.1) is 24.8 Å². The molecule has 2 bridgehead atoms. The first-order valence-corrected chi connectivity index (χ1v) is 8.01. The van der Waals surface area contributed by atoms with E-state index in [1.807, 2.05) is 12.1 Å². The molecular formula is C17H27Cl2N3O. The summed E-state index contributed by atoms with van der Waals surface area (Å²) in [5.74, 6) is 0.150. The molecule has 6 heteroatoms. The normalized spacial score (nSPS) is 23.3. The minimum Gasteiger partial charge on any atom is -0.351 e. The number of aryl methyl sites for hydroxylation is 1. The van der Waals surface area contributed by atoms with Gasteiger partial charge in [-0.3, -0.25) is 9.69 Å². The van der Waals surface area contributed by atoms with Crippen LogP contribution in [0.15, 0.2) is 24.3 Å². The molecule has 1 aromatic carbocycles. The molecule has 0 unspecified atom stereocenters. The lowest BCUT2D eigenvalue weighted by molar-refractivity contribution is -0.123. The van der Waals surface area contributed by atoms with E-state index in [0.717, 1.165) is 13.1 Å². The summed E-state index contributed by atoms with van der Waals surface area (Å²) >= 11 is 0. The molecule has 2 aliphatic heterocycles. The molecule has 1 aromatic rings. The quantitative estimate of drug-likeness (QED) is 0.866. The Bertz CT molecular complexity index is 498. The maximum Gasteiger partial charge on any atom is 0.234 e. The van der Waals surface area contributed by atoms with Gasteiger partial charge < -0.3 is 10.6 Å². The topological polar surface area (TPSA) is 44.4 Å². The standard InChI is InChI=1S/C17H25N3O.2ClH/c1-13-4-2-3-5-14(13)10-19-17(21)12-20-15-6-7-16(20)11-18-9-8-15;;/h2-5,15-16,18H,6-12H2,1H3,(H,19,21);2*1H/t15-,16+;;/m1../s1. The third-order valence-electron chi connectivity index (χ3n) is 4.87. The fourth-order valence-electron chi connectivity index (χ4n) is 3.56. The van der Waals surface area contributed by atoms with Crippen molar-refractivity contribution in [2.45, 2.75) is 44.8 Å². The zero-order chi connectivity index (χ0) is 14.7. The average Bonchev–Trinajstić information content (AvgIpc) is 2.71. The SMILES string of the molecule is Cc1ccccc1CNC(=O)CN1[C@H]2CCNC[C@@H]1CC2.Cl.Cl. The second kappa shape index (κ2) is 9.48. The Morgan fingerprint density at radius 3 is 2.74 bits per heavy atom. The summed E-state index contributed by atoms with van der Waals surface area (Å²) < 4.78 is 0. The highest BCUT2D eigenvalue weighted by Gasteiger charge is 2.35. The smallest absolute Gasteiger partial charge is 0.234 e. The first-order valence-electron chi connectivity index (χ1n) is 8.01. The maximum absolute atomic E-state index is 12.3. The van der Waals surface area contributed by atoms with Crippen molar-refractivity contribution in [3.63, 3.8) is 0 Å². The van der Waals surface area contributed by atoms with E-state index in [-0.39, 0.29) is 30.7 Å². The molecule has 2 saturated heterocycles. The van der Waals surface area contributed by atoms with Gasteiger partial charge >= 0.3 is 0 Å². The zero-order valence-electron chi connectivity index (χ0n) is 13.6. The van der Waals surface area contributed by atoms with Crippen LogP contribution in [0.4, 0.5) is 0 Å². The summed E-state index contributed by atoms with van der Waals surface area (Å²) in [7, 11) is 0. The summed E-state index contributed by atoms with van der Waals surface area (Å²) in [5.41, 5.74) is 2.43. The van der Waals surface area contributed by atoms with Crippen molar-refractivity contribution in [1.82, 2.24) is 15.5 Å². The number of carbonyl (C=O) groups excluding carboxylic acids is 1. The van der Waals surface area contributed by atoms with Crippen LogP contribution in [0.3, 0.4) is 0 Å². The fourth-order valence-corrected chi connectivity index (χ4v) is 3.56. The Labute approximate surface area is 151 Å². The Morgan fingerprint density at radius 1 is 1.22 bits per heavy atom. The van der Waals surface area contributed by atoms with Gasteiger partial charge in [0, 0.05) is 25.2 Å². The van der Waals surface area contributed by atoms with E-state index in [0.29, 0.717) is 25.2 Å². The van der Waals surface area contributed by atoms with Gasteiger partial charge in [0.05, 0.1) is 6.54 Å². The van der Waals surface area contributed by atoms with E-state index in [9.17, 15) is 4.79 Å². The van der Waals surface area contributed by atoms with Gasteiger partial charge in [0.1, 0.15) is 0 Å². The molecule has 2 N–H and O–H groups in total. The van der Waals surface area contributed by atoms with Crippen LogP contribution in [-0.4, -0.2) is 42.5 Å². The van der Waals surface area contributed by atoms with E-state index in [1.165, 1.54) is 30.4 Å². The summed E-state index contributed by atoms with van der Waals surface area (Å²) in [6.45, 7) is 5.38. The highest BCUT2D eigenvalue weighted by atomic mass is 35.5. The van der Waals surface area contributed by atoms with Crippen molar-refractivity contribution >= 4 is 30.7 Å². The first-order chi connectivity index (χ1) is 10.2. The number of fused-ring (bicyclic) bond motifs is 2. The summed E-state index contributed by atoms with van der Waals surface area (Å²) in [6, 6.07) is 9.35. The maximum atomic E-state index is 12.3. The minimum atomic E-state index is 0. The van der Waals surface area contributed by atoms with Crippen molar-refractivity contribution in [2.75, 3.05) is 19.6 Å². The van der Waals surface area contributed by atoms with Crippen LogP contribution in [0.1, 0.15) is 30.4 Å². The van der Waals surface area contributed by atoms with Crippen LogP contribution in [0.25, 0.3) is 0 Å². The third kappa shape index (κ3) is 5.08. The van der Waals surface area contributed by atoms with Crippen LogP contribution in [0.2, 0.25) is 0 Å². The number of rotatable bonds is 4. The number of halogens is 2.